The Bertz CT molecular complexity index is 347. The van der Waals surface area contributed by atoms with Crippen molar-refractivity contribution in [3.05, 3.63) is 0 Å². The van der Waals surface area contributed by atoms with E-state index in [0.29, 0.717) is 36.1 Å². The standard InChI is InChI=1S/C19H36N2O/c1-14(2)9-19(22)21-12-17(15(3)4)10-18(13-21)20-11-16-7-5-6-8-16/h14-18,20H,5-13H2,1-4H3. The number of nitrogens with zero attached hydrogens (tertiary/aromatic N) is 1. The molecule has 0 aromatic rings. The first-order valence-corrected chi connectivity index (χ1v) is 9.46. The number of likely N-dealkylation sites (tertiary alicyclic amines) is 1. The van der Waals surface area contributed by atoms with Gasteiger partial charge < -0.3 is 10.2 Å². The van der Waals surface area contributed by atoms with Gasteiger partial charge in [-0.3, -0.25) is 4.79 Å². The van der Waals surface area contributed by atoms with E-state index in [1.165, 1.54) is 32.1 Å². The van der Waals surface area contributed by atoms with Crippen LogP contribution < -0.4 is 5.32 Å². The van der Waals surface area contributed by atoms with Crippen LogP contribution in [-0.2, 0) is 4.79 Å². The first-order chi connectivity index (χ1) is 10.5. The second-order valence-electron chi connectivity index (χ2n) is 8.39. The van der Waals surface area contributed by atoms with Crippen LogP contribution in [0.15, 0.2) is 0 Å². The SMILES string of the molecule is CC(C)CC(=O)N1CC(NCC2CCCC2)CC(C(C)C)C1. The second-order valence-corrected chi connectivity index (χ2v) is 8.39. The van der Waals surface area contributed by atoms with E-state index in [1.807, 2.05) is 0 Å². The minimum absolute atomic E-state index is 0.355. The van der Waals surface area contributed by atoms with Gasteiger partial charge in [0.05, 0.1) is 0 Å². The summed E-state index contributed by atoms with van der Waals surface area (Å²) in [5.74, 6) is 2.99. The smallest absolute Gasteiger partial charge is 0.222 e. The maximum absolute atomic E-state index is 12.5. The summed E-state index contributed by atoms with van der Waals surface area (Å²) < 4.78 is 0. The predicted octanol–water partition coefficient (Wildman–Crippen LogP) is 3.69. The van der Waals surface area contributed by atoms with Gasteiger partial charge in [0.1, 0.15) is 0 Å². The van der Waals surface area contributed by atoms with E-state index in [0.717, 1.165) is 25.6 Å². The zero-order valence-corrected chi connectivity index (χ0v) is 15.1. The van der Waals surface area contributed by atoms with E-state index in [1.54, 1.807) is 0 Å². The topological polar surface area (TPSA) is 32.3 Å². The Balaban J connectivity index is 1.89. The third-order valence-corrected chi connectivity index (χ3v) is 5.53. The van der Waals surface area contributed by atoms with Crippen LogP contribution in [0, 0.1) is 23.7 Å². The molecule has 1 saturated heterocycles. The first-order valence-electron chi connectivity index (χ1n) is 9.46. The molecule has 3 nitrogen and oxygen atoms in total. The third-order valence-electron chi connectivity index (χ3n) is 5.53. The Labute approximate surface area is 137 Å². The Morgan fingerprint density at radius 3 is 2.41 bits per heavy atom. The fourth-order valence-electron chi connectivity index (χ4n) is 4.00. The lowest BCUT2D eigenvalue weighted by molar-refractivity contribution is -0.134. The Morgan fingerprint density at radius 2 is 1.82 bits per heavy atom. The largest absolute Gasteiger partial charge is 0.341 e. The Hall–Kier alpha value is -0.570. The fraction of sp³-hybridized carbons (Fsp3) is 0.947. The molecule has 3 heteroatoms. The number of nitrogens with one attached hydrogen (secondary N) is 1. The summed E-state index contributed by atoms with van der Waals surface area (Å²) in [6.45, 7) is 11.9. The number of amides is 1. The van der Waals surface area contributed by atoms with Crippen LogP contribution in [-0.4, -0.2) is 36.5 Å². The van der Waals surface area contributed by atoms with E-state index in [9.17, 15) is 4.79 Å². The van der Waals surface area contributed by atoms with E-state index >= 15 is 0 Å². The molecule has 1 aliphatic heterocycles. The molecule has 2 rings (SSSR count). The van der Waals surface area contributed by atoms with Crippen molar-refractivity contribution in [2.45, 2.75) is 72.3 Å². The van der Waals surface area contributed by atoms with Crippen LogP contribution >= 0.6 is 0 Å². The number of rotatable bonds is 6. The predicted molar refractivity (Wildman–Crippen MR) is 92.7 cm³/mol. The van der Waals surface area contributed by atoms with E-state index in [2.05, 4.69) is 37.9 Å². The number of piperidine rings is 1. The molecule has 0 spiro atoms. The summed E-state index contributed by atoms with van der Waals surface area (Å²) in [6, 6.07) is 0.498. The third kappa shape index (κ3) is 5.26. The molecular weight excluding hydrogens is 272 g/mol. The van der Waals surface area contributed by atoms with E-state index in [-0.39, 0.29) is 0 Å². The second kappa shape index (κ2) is 8.33. The van der Waals surface area contributed by atoms with Gasteiger partial charge in [0.15, 0.2) is 0 Å². The van der Waals surface area contributed by atoms with Gasteiger partial charge in [-0.15, -0.1) is 0 Å². The molecule has 2 fully saturated rings. The number of carbonyl (C=O) groups excluding carboxylic acids is 1. The van der Waals surface area contributed by atoms with Crippen molar-refractivity contribution in [1.29, 1.82) is 0 Å². The van der Waals surface area contributed by atoms with Crippen molar-refractivity contribution >= 4 is 5.91 Å². The van der Waals surface area contributed by atoms with Gasteiger partial charge in [-0.05, 0) is 49.5 Å². The summed E-state index contributed by atoms with van der Waals surface area (Å²) in [6.07, 6.45) is 7.53. The molecular formula is C19H36N2O. The number of hydrogen-bond acceptors (Lipinski definition) is 2. The lowest BCUT2D eigenvalue weighted by Crippen LogP contribution is -2.53. The minimum atomic E-state index is 0.355. The van der Waals surface area contributed by atoms with Gasteiger partial charge in [-0.25, -0.2) is 0 Å². The van der Waals surface area contributed by atoms with Crippen LogP contribution in [0.5, 0.6) is 0 Å². The van der Waals surface area contributed by atoms with Gasteiger partial charge in [0.25, 0.3) is 0 Å². The highest BCUT2D eigenvalue weighted by Crippen LogP contribution is 2.27. The quantitative estimate of drug-likeness (QED) is 0.811. The van der Waals surface area contributed by atoms with Crippen LogP contribution in [0.1, 0.15) is 66.2 Å². The fourth-order valence-corrected chi connectivity index (χ4v) is 4.00. The molecule has 0 aromatic carbocycles. The number of hydrogen-bond donors (Lipinski definition) is 1. The van der Waals surface area contributed by atoms with Crippen LogP contribution in [0.2, 0.25) is 0 Å². The lowest BCUT2D eigenvalue weighted by atomic mass is 9.85. The summed E-state index contributed by atoms with van der Waals surface area (Å²) in [5.41, 5.74) is 0. The molecule has 1 aliphatic carbocycles. The first kappa shape index (κ1) is 17.8. The molecule has 2 unspecified atom stereocenters. The zero-order valence-electron chi connectivity index (χ0n) is 15.1. The van der Waals surface area contributed by atoms with Crippen LogP contribution in [0.4, 0.5) is 0 Å². The van der Waals surface area contributed by atoms with Crippen molar-refractivity contribution in [3.8, 4) is 0 Å². The maximum atomic E-state index is 12.5. The molecule has 1 amide bonds. The average molecular weight is 309 g/mol. The van der Waals surface area contributed by atoms with Crippen molar-refractivity contribution in [2.24, 2.45) is 23.7 Å². The zero-order chi connectivity index (χ0) is 16.1. The molecule has 0 aromatic heterocycles. The van der Waals surface area contributed by atoms with E-state index in [4.69, 9.17) is 0 Å². The highest BCUT2D eigenvalue weighted by atomic mass is 16.2. The highest BCUT2D eigenvalue weighted by Gasteiger charge is 2.31. The molecule has 1 heterocycles. The summed E-state index contributed by atoms with van der Waals surface area (Å²) in [7, 11) is 0. The van der Waals surface area contributed by atoms with E-state index < -0.39 is 0 Å². The molecule has 0 bridgehead atoms. The van der Waals surface area contributed by atoms with Crippen molar-refractivity contribution < 1.29 is 4.79 Å². The van der Waals surface area contributed by atoms with Crippen molar-refractivity contribution in [2.75, 3.05) is 19.6 Å². The maximum Gasteiger partial charge on any atom is 0.222 e. The normalized spacial score (nSPS) is 27.1. The molecule has 2 aliphatic rings. The van der Waals surface area contributed by atoms with Gasteiger partial charge in [0, 0.05) is 25.6 Å². The monoisotopic (exact) mass is 308 g/mol. The van der Waals surface area contributed by atoms with Gasteiger partial charge in [-0.1, -0.05) is 40.5 Å². The molecule has 22 heavy (non-hydrogen) atoms. The Kier molecular flexibility index (Phi) is 6.73. The summed E-state index contributed by atoms with van der Waals surface area (Å²) in [4.78, 5) is 14.6. The van der Waals surface area contributed by atoms with Crippen molar-refractivity contribution in [3.63, 3.8) is 0 Å². The molecule has 1 saturated carbocycles. The van der Waals surface area contributed by atoms with Gasteiger partial charge in [-0.2, -0.15) is 0 Å². The number of carbonyl (C=O) groups is 1. The molecule has 2 atom stereocenters. The lowest BCUT2D eigenvalue weighted by Gasteiger charge is -2.40. The molecule has 0 radical (unpaired) electrons. The summed E-state index contributed by atoms with van der Waals surface area (Å²) in [5, 5.41) is 3.79. The van der Waals surface area contributed by atoms with Crippen molar-refractivity contribution in [1.82, 2.24) is 10.2 Å². The summed E-state index contributed by atoms with van der Waals surface area (Å²) >= 11 is 0. The Morgan fingerprint density at radius 1 is 1.14 bits per heavy atom. The average Bonchev–Trinajstić information content (AvgIpc) is 2.97. The van der Waals surface area contributed by atoms with Gasteiger partial charge in [0.2, 0.25) is 5.91 Å². The molecule has 128 valence electrons. The van der Waals surface area contributed by atoms with Gasteiger partial charge >= 0.3 is 0 Å². The highest BCUT2D eigenvalue weighted by molar-refractivity contribution is 5.76. The minimum Gasteiger partial charge on any atom is -0.341 e. The van der Waals surface area contributed by atoms with Crippen LogP contribution in [0.25, 0.3) is 0 Å². The molecule has 1 N–H and O–H groups in total. The van der Waals surface area contributed by atoms with Crippen LogP contribution in [0.3, 0.4) is 0 Å².